The average Bonchev–Trinajstić information content (AvgIpc) is 2.26. The number of hydrogen-bond acceptors (Lipinski definition) is 2. The summed E-state index contributed by atoms with van der Waals surface area (Å²) >= 11 is 6.24. The summed E-state index contributed by atoms with van der Waals surface area (Å²) < 4.78 is 2.64. The first-order valence-corrected chi connectivity index (χ1v) is 8.68. The predicted molar refractivity (Wildman–Crippen MR) is 104 cm³/mol. The number of benzene rings is 2. The lowest BCUT2D eigenvalue weighted by Gasteiger charge is -2.02. The van der Waals surface area contributed by atoms with Crippen molar-refractivity contribution in [3.63, 3.8) is 0 Å². The average molecular weight is 608 g/mol. The molecule has 6 heteroatoms. The molecule has 0 bridgehead atoms. The first-order chi connectivity index (χ1) is 9.31. The van der Waals surface area contributed by atoms with Gasteiger partial charge in [-0.15, -0.1) is 0 Å². The van der Waals surface area contributed by atoms with Gasteiger partial charge in [0.15, 0.2) is 0 Å². The lowest BCUT2D eigenvalue weighted by Crippen LogP contribution is -2.03. The number of carbonyl (C=O) groups is 1. The van der Waals surface area contributed by atoms with Crippen molar-refractivity contribution >= 4 is 73.7 Å². The Hall–Kier alpha value is -0.1000. The zero-order valence-electron chi connectivity index (χ0n) is 10.4. The Morgan fingerprint density at radius 1 is 1.05 bits per heavy atom. The number of phenolic OH excluding ortho intramolecular Hbond substituents is 1. The zero-order chi connectivity index (χ0) is 15.3. The van der Waals surface area contributed by atoms with Crippen molar-refractivity contribution in [3.05, 3.63) is 58.2 Å². The van der Waals surface area contributed by atoms with Crippen LogP contribution in [0.15, 0.2) is 36.4 Å². The van der Waals surface area contributed by atoms with E-state index in [1.807, 2.05) is 76.4 Å². The molecule has 106 valence electrons. The largest absolute Gasteiger partial charge is 0.508 e. The summed E-state index contributed by atoms with van der Waals surface area (Å²) in [4.78, 5) is 10.7. The number of phenols is 1. The third kappa shape index (κ3) is 5.72. The van der Waals surface area contributed by atoms with Crippen LogP contribution in [0.3, 0.4) is 0 Å². The topological polar surface area (TPSA) is 57.5 Å². The third-order valence-corrected chi connectivity index (χ3v) is 4.55. The van der Waals surface area contributed by atoms with Gasteiger partial charge in [-0.1, -0.05) is 12.1 Å². The molecule has 0 aliphatic rings. The summed E-state index contributed by atoms with van der Waals surface area (Å²) in [7, 11) is 0. The second kappa shape index (κ2) is 8.37. The fraction of sp³-hybridized carbons (Fsp3) is 0.0714. The van der Waals surface area contributed by atoms with Gasteiger partial charge in [-0.05, 0) is 105 Å². The van der Waals surface area contributed by atoms with Crippen molar-refractivity contribution in [1.82, 2.24) is 0 Å². The van der Waals surface area contributed by atoms with E-state index in [2.05, 4.69) is 22.6 Å². The molecule has 20 heavy (non-hydrogen) atoms. The standard InChI is InChI=1S/C7H3I3O2.C7H8O/c8-3-1-4(9)6(7(11)12)5(10)2-3;1-6-3-2-4-7(8)5-6/h1-2H,(H,11,12);2-5,8H,1H3. The lowest BCUT2D eigenvalue weighted by atomic mass is 10.2. The highest BCUT2D eigenvalue weighted by Gasteiger charge is 2.12. The SMILES string of the molecule is Cc1cccc(O)c1.O=C(O)c1c(I)cc(I)cc1I. The van der Waals surface area contributed by atoms with Crippen molar-refractivity contribution in [2.24, 2.45) is 0 Å². The van der Waals surface area contributed by atoms with Crippen molar-refractivity contribution in [2.75, 3.05) is 0 Å². The van der Waals surface area contributed by atoms with Crippen LogP contribution in [-0.4, -0.2) is 16.2 Å². The van der Waals surface area contributed by atoms with Crippen LogP contribution >= 0.6 is 67.8 Å². The lowest BCUT2D eigenvalue weighted by molar-refractivity contribution is 0.0694. The van der Waals surface area contributed by atoms with E-state index < -0.39 is 5.97 Å². The minimum absolute atomic E-state index is 0.338. The molecule has 0 aliphatic carbocycles. The monoisotopic (exact) mass is 608 g/mol. The van der Waals surface area contributed by atoms with Gasteiger partial charge in [-0.3, -0.25) is 0 Å². The maximum atomic E-state index is 10.7. The second-order valence-corrected chi connectivity index (χ2v) is 7.46. The van der Waals surface area contributed by atoms with Gasteiger partial charge in [-0.2, -0.15) is 0 Å². The fourth-order valence-electron chi connectivity index (χ4n) is 1.37. The summed E-state index contributed by atoms with van der Waals surface area (Å²) in [6.45, 7) is 1.94. The third-order valence-electron chi connectivity index (χ3n) is 2.22. The molecule has 0 unspecified atom stereocenters. The van der Waals surface area contributed by atoms with Crippen molar-refractivity contribution in [2.45, 2.75) is 6.92 Å². The summed E-state index contributed by atoms with van der Waals surface area (Å²) in [5.74, 6) is -0.523. The van der Waals surface area contributed by atoms with Crippen LogP contribution in [0.25, 0.3) is 0 Å². The molecule has 0 aliphatic heterocycles. The van der Waals surface area contributed by atoms with E-state index in [-0.39, 0.29) is 0 Å². The van der Waals surface area contributed by atoms with Crippen LogP contribution in [0.5, 0.6) is 5.75 Å². The number of hydrogen-bond donors (Lipinski definition) is 2. The van der Waals surface area contributed by atoms with E-state index >= 15 is 0 Å². The first kappa shape index (κ1) is 18.0. The van der Waals surface area contributed by atoms with Crippen molar-refractivity contribution < 1.29 is 15.0 Å². The van der Waals surface area contributed by atoms with Gasteiger partial charge >= 0.3 is 5.97 Å². The highest BCUT2D eigenvalue weighted by atomic mass is 127. The van der Waals surface area contributed by atoms with Gasteiger partial charge in [0.25, 0.3) is 0 Å². The predicted octanol–water partition coefficient (Wildman–Crippen LogP) is 4.90. The second-order valence-electron chi connectivity index (χ2n) is 3.89. The van der Waals surface area contributed by atoms with Gasteiger partial charge < -0.3 is 10.2 Å². The number of halogens is 3. The van der Waals surface area contributed by atoms with E-state index in [0.717, 1.165) is 16.3 Å². The number of rotatable bonds is 1. The van der Waals surface area contributed by atoms with Crippen LogP contribution in [0.2, 0.25) is 0 Å². The van der Waals surface area contributed by atoms with Gasteiger partial charge in [0.1, 0.15) is 5.75 Å². The molecule has 0 spiro atoms. The Kier molecular flexibility index (Phi) is 7.51. The molecule has 0 atom stereocenters. The number of aromatic hydroxyl groups is 1. The van der Waals surface area contributed by atoms with Crippen molar-refractivity contribution in [3.8, 4) is 5.75 Å². The van der Waals surface area contributed by atoms with Crippen LogP contribution in [0, 0.1) is 17.6 Å². The zero-order valence-corrected chi connectivity index (χ0v) is 16.9. The summed E-state index contributed by atoms with van der Waals surface area (Å²) in [5.41, 5.74) is 1.49. The van der Waals surface area contributed by atoms with Crippen LogP contribution < -0.4 is 0 Å². The molecule has 0 heterocycles. The molecule has 0 aromatic heterocycles. The number of carboxylic acids is 1. The Balaban J connectivity index is 0.000000217. The van der Waals surface area contributed by atoms with Gasteiger partial charge in [0.2, 0.25) is 0 Å². The van der Waals surface area contributed by atoms with Crippen LogP contribution in [-0.2, 0) is 0 Å². The number of aryl methyl sites for hydroxylation is 1. The molecule has 2 rings (SSSR count). The normalized spacial score (nSPS) is 9.60. The fourth-order valence-corrected chi connectivity index (χ4v) is 5.42. The molecule has 0 radical (unpaired) electrons. The molecule has 0 saturated heterocycles. The molecule has 0 saturated carbocycles. The summed E-state index contributed by atoms with van der Waals surface area (Å²) in [5, 5.41) is 17.6. The smallest absolute Gasteiger partial charge is 0.337 e. The Bertz CT molecular complexity index is 587. The van der Waals surface area contributed by atoms with E-state index in [0.29, 0.717) is 11.3 Å². The van der Waals surface area contributed by atoms with Crippen LogP contribution in [0.1, 0.15) is 15.9 Å². The van der Waals surface area contributed by atoms with Gasteiger partial charge in [0, 0.05) is 10.7 Å². The summed E-state index contributed by atoms with van der Waals surface area (Å²) in [6.07, 6.45) is 0. The molecule has 3 nitrogen and oxygen atoms in total. The van der Waals surface area contributed by atoms with Crippen LogP contribution in [0.4, 0.5) is 0 Å². The van der Waals surface area contributed by atoms with Gasteiger partial charge in [0.05, 0.1) is 5.56 Å². The molecule has 0 amide bonds. The number of aromatic carboxylic acids is 1. The molecule has 2 aromatic rings. The quantitative estimate of drug-likeness (QED) is 0.454. The van der Waals surface area contributed by atoms with Gasteiger partial charge in [-0.25, -0.2) is 4.79 Å². The van der Waals surface area contributed by atoms with E-state index in [4.69, 9.17) is 10.2 Å². The molecule has 2 aromatic carbocycles. The highest BCUT2D eigenvalue weighted by molar-refractivity contribution is 14.1. The Morgan fingerprint density at radius 2 is 1.60 bits per heavy atom. The maximum absolute atomic E-state index is 10.7. The molecule has 0 fully saturated rings. The maximum Gasteiger partial charge on any atom is 0.337 e. The first-order valence-electron chi connectivity index (χ1n) is 5.44. The molecular weight excluding hydrogens is 597 g/mol. The Morgan fingerprint density at radius 3 is 1.95 bits per heavy atom. The molecule has 2 N–H and O–H groups in total. The Labute approximate surface area is 158 Å². The molecular formula is C14H11I3O3. The van der Waals surface area contributed by atoms with Crippen molar-refractivity contribution in [1.29, 1.82) is 0 Å². The van der Waals surface area contributed by atoms with E-state index in [1.54, 1.807) is 12.1 Å². The summed E-state index contributed by atoms with van der Waals surface area (Å²) in [6, 6.07) is 10.9. The minimum Gasteiger partial charge on any atom is -0.508 e. The van der Waals surface area contributed by atoms with E-state index in [9.17, 15) is 4.79 Å². The highest BCUT2D eigenvalue weighted by Crippen LogP contribution is 2.22. The minimum atomic E-state index is -0.861. The van der Waals surface area contributed by atoms with E-state index in [1.165, 1.54) is 0 Å². The number of carboxylic acid groups (broad SMARTS) is 1.